The second-order valence-corrected chi connectivity index (χ2v) is 10.9. The number of likely N-dealkylation sites (tertiary alicyclic amines) is 1. The molecule has 1 aromatic heterocycles. The van der Waals surface area contributed by atoms with E-state index < -0.39 is 6.04 Å². The van der Waals surface area contributed by atoms with Crippen LogP contribution in [-0.2, 0) is 9.59 Å². The normalized spacial score (nSPS) is 20.1. The number of hydrogen-bond donors (Lipinski definition) is 1. The minimum absolute atomic E-state index is 0.00597. The third-order valence-electron chi connectivity index (χ3n) is 8.50. The molecule has 1 N–H and O–H groups in total. The predicted octanol–water partition coefficient (Wildman–Crippen LogP) is 6.68. The molecule has 3 unspecified atom stereocenters. The average Bonchev–Trinajstić information content (AvgIpc) is 3.45. The zero-order valence-electron chi connectivity index (χ0n) is 22.2. The highest BCUT2D eigenvalue weighted by Crippen LogP contribution is 2.37. The van der Waals surface area contributed by atoms with Crippen molar-refractivity contribution in [2.24, 2.45) is 11.8 Å². The number of amides is 2. The summed E-state index contributed by atoms with van der Waals surface area (Å²) in [5, 5.41) is 5.46. The molecular weight excluding hydrogens is 458 g/mol. The van der Waals surface area contributed by atoms with Gasteiger partial charge in [-0.25, -0.2) is 0 Å². The van der Waals surface area contributed by atoms with Gasteiger partial charge in [-0.3, -0.25) is 14.6 Å². The van der Waals surface area contributed by atoms with Crippen LogP contribution in [0, 0.1) is 11.8 Å². The Morgan fingerprint density at radius 2 is 1.78 bits per heavy atom. The van der Waals surface area contributed by atoms with Gasteiger partial charge < -0.3 is 10.2 Å². The zero-order chi connectivity index (χ0) is 25.8. The lowest BCUT2D eigenvalue weighted by Crippen LogP contribution is -2.53. The maximum atomic E-state index is 14.1. The van der Waals surface area contributed by atoms with Crippen molar-refractivity contribution < 1.29 is 9.59 Å². The maximum absolute atomic E-state index is 14.1. The fourth-order valence-electron chi connectivity index (χ4n) is 6.10. The third-order valence-corrected chi connectivity index (χ3v) is 8.50. The van der Waals surface area contributed by atoms with E-state index in [0.717, 1.165) is 79.1 Å². The number of fused-ring (bicyclic) bond motifs is 1. The number of rotatable bonds is 7. The van der Waals surface area contributed by atoms with E-state index in [0.29, 0.717) is 0 Å². The Labute approximate surface area is 220 Å². The van der Waals surface area contributed by atoms with E-state index in [1.165, 1.54) is 6.42 Å². The van der Waals surface area contributed by atoms with Crippen LogP contribution in [0.5, 0.6) is 0 Å². The fraction of sp³-hybridized carbons (Fsp3) is 0.469. The molecule has 2 amide bonds. The Balaban J connectivity index is 1.46. The van der Waals surface area contributed by atoms with E-state index in [4.69, 9.17) is 4.98 Å². The Kier molecular flexibility index (Phi) is 7.87. The standard InChI is InChI=1S/C32H39N3O2/c1-3-22(2)31(36)34-30(25-13-8-5-9-14-25)32(37)35-20-10-15-28(35)26-17-16-23-18-19-33-29(27(23)21-26)24-11-6-4-7-12-24/h4,6-7,11-12,16-19,21-22,25,28,30H,3,5,8-10,13-15,20H2,1-2H3,(H,34,36). The second-order valence-electron chi connectivity index (χ2n) is 10.9. The summed E-state index contributed by atoms with van der Waals surface area (Å²) in [7, 11) is 0. The smallest absolute Gasteiger partial charge is 0.245 e. The van der Waals surface area contributed by atoms with Gasteiger partial charge in [-0.1, -0.05) is 75.6 Å². The van der Waals surface area contributed by atoms with Gasteiger partial charge in [0.15, 0.2) is 0 Å². The van der Waals surface area contributed by atoms with Crippen LogP contribution in [0.25, 0.3) is 22.0 Å². The molecule has 3 aromatic rings. The highest BCUT2D eigenvalue weighted by atomic mass is 16.2. The van der Waals surface area contributed by atoms with Crippen LogP contribution in [0.1, 0.15) is 76.8 Å². The summed E-state index contributed by atoms with van der Waals surface area (Å²) in [6.45, 7) is 4.71. The first-order valence-electron chi connectivity index (χ1n) is 14.1. The first-order valence-corrected chi connectivity index (χ1v) is 14.1. The van der Waals surface area contributed by atoms with E-state index in [1.54, 1.807) is 0 Å². The molecule has 37 heavy (non-hydrogen) atoms. The topological polar surface area (TPSA) is 62.3 Å². The average molecular weight is 498 g/mol. The summed E-state index contributed by atoms with van der Waals surface area (Å²) in [5.41, 5.74) is 3.21. The lowest BCUT2D eigenvalue weighted by molar-refractivity contribution is -0.140. The zero-order valence-corrected chi connectivity index (χ0v) is 22.2. The molecule has 2 fully saturated rings. The van der Waals surface area contributed by atoms with Crippen molar-refractivity contribution in [3.05, 3.63) is 66.4 Å². The van der Waals surface area contributed by atoms with Crippen LogP contribution in [-0.4, -0.2) is 34.3 Å². The predicted molar refractivity (Wildman–Crippen MR) is 149 cm³/mol. The molecule has 0 bridgehead atoms. The number of carbonyl (C=O) groups is 2. The van der Waals surface area contributed by atoms with Crippen molar-refractivity contribution in [3.63, 3.8) is 0 Å². The molecule has 1 saturated carbocycles. The number of nitrogens with zero attached hydrogens (tertiary/aromatic N) is 2. The van der Waals surface area contributed by atoms with E-state index in [1.807, 2.05) is 44.3 Å². The van der Waals surface area contributed by atoms with Crippen molar-refractivity contribution in [2.75, 3.05) is 6.54 Å². The summed E-state index contributed by atoms with van der Waals surface area (Å²) in [4.78, 5) is 33.8. The van der Waals surface area contributed by atoms with Crippen LogP contribution in [0.3, 0.4) is 0 Å². The van der Waals surface area contributed by atoms with Crippen molar-refractivity contribution in [2.45, 2.75) is 77.3 Å². The second kappa shape index (κ2) is 11.5. The Morgan fingerprint density at radius 1 is 1.00 bits per heavy atom. The minimum Gasteiger partial charge on any atom is -0.344 e. The van der Waals surface area contributed by atoms with Crippen molar-refractivity contribution in [3.8, 4) is 11.3 Å². The molecule has 0 spiro atoms. The first-order chi connectivity index (χ1) is 18.1. The van der Waals surface area contributed by atoms with E-state index in [-0.39, 0.29) is 29.7 Å². The molecule has 1 aliphatic heterocycles. The number of pyridine rings is 1. The van der Waals surface area contributed by atoms with Gasteiger partial charge in [0.05, 0.1) is 11.7 Å². The number of aromatic nitrogens is 1. The lowest BCUT2D eigenvalue weighted by atomic mass is 9.83. The molecule has 0 radical (unpaired) electrons. The van der Waals surface area contributed by atoms with Crippen molar-refractivity contribution >= 4 is 22.6 Å². The van der Waals surface area contributed by atoms with Gasteiger partial charge in [-0.2, -0.15) is 0 Å². The summed E-state index contributed by atoms with van der Waals surface area (Å²) < 4.78 is 0. The molecule has 1 aliphatic carbocycles. The summed E-state index contributed by atoms with van der Waals surface area (Å²) >= 11 is 0. The summed E-state index contributed by atoms with van der Waals surface area (Å²) in [5.74, 6) is 0.241. The molecule has 194 valence electrons. The van der Waals surface area contributed by atoms with Gasteiger partial charge >= 0.3 is 0 Å². The van der Waals surface area contributed by atoms with Crippen molar-refractivity contribution in [1.82, 2.24) is 15.2 Å². The minimum atomic E-state index is -0.426. The SMILES string of the molecule is CCC(C)C(=O)NC(C(=O)N1CCCC1c1ccc2ccnc(-c3ccccc3)c2c1)C1CCCCC1. The third kappa shape index (κ3) is 5.41. The Bertz CT molecular complexity index is 1240. The van der Waals surface area contributed by atoms with Crippen LogP contribution >= 0.6 is 0 Å². The van der Waals surface area contributed by atoms with Gasteiger partial charge in [0.25, 0.3) is 0 Å². The molecule has 2 aromatic carbocycles. The molecule has 5 rings (SSSR count). The highest BCUT2D eigenvalue weighted by Gasteiger charge is 2.39. The molecule has 2 heterocycles. The maximum Gasteiger partial charge on any atom is 0.245 e. The molecule has 5 nitrogen and oxygen atoms in total. The van der Waals surface area contributed by atoms with Gasteiger partial charge in [0.1, 0.15) is 6.04 Å². The Hall–Kier alpha value is -3.21. The van der Waals surface area contributed by atoms with Crippen LogP contribution in [0.15, 0.2) is 60.8 Å². The van der Waals surface area contributed by atoms with Gasteiger partial charge in [0.2, 0.25) is 11.8 Å². The molecule has 5 heteroatoms. The molecular formula is C32H39N3O2. The van der Waals surface area contributed by atoms with E-state index >= 15 is 0 Å². The van der Waals surface area contributed by atoms with E-state index in [9.17, 15) is 9.59 Å². The van der Waals surface area contributed by atoms with Crippen molar-refractivity contribution in [1.29, 1.82) is 0 Å². The quantitative estimate of drug-likeness (QED) is 0.396. The number of carbonyl (C=O) groups excluding carboxylic acids is 2. The summed E-state index contributed by atoms with van der Waals surface area (Å²) in [6, 6.07) is 18.5. The molecule has 1 saturated heterocycles. The van der Waals surface area contributed by atoms with Crippen LogP contribution in [0.4, 0.5) is 0 Å². The summed E-state index contributed by atoms with van der Waals surface area (Å²) in [6.07, 6.45) is 10.1. The fourth-order valence-corrected chi connectivity index (χ4v) is 6.10. The van der Waals surface area contributed by atoms with Gasteiger partial charge in [0, 0.05) is 29.6 Å². The monoisotopic (exact) mass is 497 g/mol. The highest BCUT2D eigenvalue weighted by molar-refractivity contribution is 5.95. The number of benzene rings is 2. The van der Waals surface area contributed by atoms with Crippen LogP contribution < -0.4 is 5.32 Å². The lowest BCUT2D eigenvalue weighted by Gasteiger charge is -2.35. The Morgan fingerprint density at radius 3 is 2.54 bits per heavy atom. The van der Waals surface area contributed by atoms with Crippen LogP contribution in [0.2, 0.25) is 0 Å². The van der Waals surface area contributed by atoms with Gasteiger partial charge in [-0.05, 0) is 61.1 Å². The first kappa shape index (κ1) is 25.4. The number of nitrogens with one attached hydrogen (secondary N) is 1. The molecule has 2 aliphatic rings. The van der Waals surface area contributed by atoms with E-state index in [2.05, 4.69) is 40.5 Å². The molecule has 3 atom stereocenters. The van der Waals surface area contributed by atoms with Gasteiger partial charge in [-0.15, -0.1) is 0 Å². The number of hydrogen-bond acceptors (Lipinski definition) is 3. The largest absolute Gasteiger partial charge is 0.344 e.